The zero-order chi connectivity index (χ0) is 13.1. The highest BCUT2D eigenvalue weighted by Gasteiger charge is 2.22. The van der Waals surface area contributed by atoms with Crippen molar-refractivity contribution in [2.24, 2.45) is 0 Å². The molecule has 1 aliphatic rings. The molecule has 1 atom stereocenters. The molecule has 18 heavy (non-hydrogen) atoms. The molecule has 2 rings (SSSR count). The molecule has 0 N–H and O–H groups in total. The molecule has 0 spiro atoms. The lowest BCUT2D eigenvalue weighted by molar-refractivity contribution is 0.192. The van der Waals surface area contributed by atoms with Crippen molar-refractivity contribution in [3.8, 4) is 0 Å². The van der Waals surface area contributed by atoms with E-state index in [0.717, 1.165) is 36.5 Å². The van der Waals surface area contributed by atoms with Gasteiger partial charge in [-0.25, -0.2) is 9.97 Å². The van der Waals surface area contributed by atoms with Crippen molar-refractivity contribution in [1.82, 2.24) is 14.9 Å². The molecule has 1 aliphatic heterocycles. The minimum Gasteiger partial charge on any atom is -0.353 e. The van der Waals surface area contributed by atoms with Gasteiger partial charge in [0.2, 0.25) is 0 Å². The van der Waals surface area contributed by atoms with Crippen LogP contribution >= 0.6 is 27.5 Å². The highest BCUT2D eigenvalue weighted by Crippen LogP contribution is 2.29. The Morgan fingerprint density at radius 1 is 1.33 bits per heavy atom. The largest absolute Gasteiger partial charge is 0.353 e. The molecule has 1 fully saturated rings. The van der Waals surface area contributed by atoms with Crippen LogP contribution in [0.15, 0.2) is 10.8 Å². The van der Waals surface area contributed by atoms with Crippen LogP contribution in [0.4, 0.5) is 5.82 Å². The first-order valence-electron chi connectivity index (χ1n) is 6.28. The Kier molecular flexibility index (Phi) is 4.81. The number of halogens is 2. The zero-order valence-electron chi connectivity index (χ0n) is 10.7. The molecule has 0 aliphatic carbocycles. The fraction of sp³-hybridized carbons (Fsp3) is 0.667. The van der Waals surface area contributed by atoms with Crippen molar-refractivity contribution in [1.29, 1.82) is 0 Å². The van der Waals surface area contributed by atoms with Gasteiger partial charge >= 0.3 is 0 Å². The van der Waals surface area contributed by atoms with Gasteiger partial charge in [-0.15, -0.1) is 0 Å². The van der Waals surface area contributed by atoms with Gasteiger partial charge in [0.1, 0.15) is 17.3 Å². The zero-order valence-corrected chi connectivity index (χ0v) is 13.1. The summed E-state index contributed by atoms with van der Waals surface area (Å²) in [4.78, 5) is 13.1. The lowest BCUT2D eigenvalue weighted by atomic mass is 10.2. The van der Waals surface area contributed by atoms with Crippen LogP contribution in [-0.4, -0.2) is 47.1 Å². The smallest absolute Gasteiger partial charge is 0.148 e. The minimum absolute atomic E-state index is 0.476. The second-order valence-electron chi connectivity index (χ2n) is 4.58. The topological polar surface area (TPSA) is 32.3 Å². The summed E-state index contributed by atoms with van der Waals surface area (Å²) >= 11 is 9.46. The summed E-state index contributed by atoms with van der Waals surface area (Å²) < 4.78 is 0.795. The third-order valence-corrected chi connectivity index (χ3v) is 4.80. The SMILES string of the molecule is CCC(C)N1CCN(c2ncnc(Cl)c2Br)CC1. The van der Waals surface area contributed by atoms with Gasteiger partial charge in [-0.3, -0.25) is 4.90 Å². The molecule has 0 saturated carbocycles. The van der Waals surface area contributed by atoms with E-state index in [1.54, 1.807) is 0 Å². The Morgan fingerprint density at radius 2 is 2.00 bits per heavy atom. The van der Waals surface area contributed by atoms with Gasteiger partial charge in [-0.2, -0.15) is 0 Å². The second kappa shape index (κ2) is 6.17. The number of hydrogen-bond acceptors (Lipinski definition) is 4. The first kappa shape index (κ1) is 14.0. The maximum atomic E-state index is 6.00. The molecule has 1 unspecified atom stereocenters. The lowest BCUT2D eigenvalue weighted by Gasteiger charge is -2.38. The summed E-state index contributed by atoms with van der Waals surface area (Å²) in [6, 6.07) is 0.657. The van der Waals surface area contributed by atoms with Gasteiger partial charge in [0, 0.05) is 32.2 Å². The van der Waals surface area contributed by atoms with Crippen LogP contribution in [0.3, 0.4) is 0 Å². The van der Waals surface area contributed by atoms with Crippen molar-refractivity contribution >= 4 is 33.3 Å². The van der Waals surface area contributed by atoms with Crippen molar-refractivity contribution in [2.45, 2.75) is 26.3 Å². The standard InChI is InChI=1S/C12H18BrClN4/c1-3-9(2)17-4-6-18(7-5-17)12-10(13)11(14)15-8-16-12/h8-9H,3-7H2,1-2H3. The van der Waals surface area contributed by atoms with Crippen LogP contribution in [0.2, 0.25) is 5.15 Å². The van der Waals surface area contributed by atoms with E-state index in [1.165, 1.54) is 12.7 Å². The van der Waals surface area contributed by atoms with Gasteiger partial charge in [0.25, 0.3) is 0 Å². The van der Waals surface area contributed by atoms with Crippen LogP contribution in [0.25, 0.3) is 0 Å². The van der Waals surface area contributed by atoms with E-state index in [2.05, 4.69) is 49.5 Å². The molecule has 2 heterocycles. The van der Waals surface area contributed by atoms with Gasteiger partial charge < -0.3 is 4.90 Å². The Morgan fingerprint density at radius 3 is 2.61 bits per heavy atom. The van der Waals surface area contributed by atoms with E-state index in [9.17, 15) is 0 Å². The van der Waals surface area contributed by atoms with Crippen LogP contribution in [-0.2, 0) is 0 Å². The molecule has 0 aromatic carbocycles. The second-order valence-corrected chi connectivity index (χ2v) is 5.73. The molecule has 1 aromatic rings. The van der Waals surface area contributed by atoms with Crippen molar-refractivity contribution in [2.75, 3.05) is 31.1 Å². The van der Waals surface area contributed by atoms with E-state index in [1.807, 2.05) is 0 Å². The minimum atomic E-state index is 0.476. The molecular formula is C12H18BrClN4. The first-order chi connectivity index (χ1) is 8.63. The summed E-state index contributed by atoms with van der Waals surface area (Å²) in [6.07, 6.45) is 2.71. The molecule has 4 nitrogen and oxygen atoms in total. The predicted molar refractivity (Wildman–Crippen MR) is 78.3 cm³/mol. The number of aromatic nitrogens is 2. The first-order valence-corrected chi connectivity index (χ1v) is 7.45. The summed E-state index contributed by atoms with van der Waals surface area (Å²) in [5.41, 5.74) is 0. The maximum Gasteiger partial charge on any atom is 0.148 e. The molecule has 0 radical (unpaired) electrons. The third-order valence-electron chi connectivity index (χ3n) is 3.56. The van der Waals surface area contributed by atoms with E-state index < -0.39 is 0 Å². The van der Waals surface area contributed by atoms with Crippen LogP contribution < -0.4 is 4.90 Å². The molecule has 100 valence electrons. The average Bonchev–Trinajstić information content (AvgIpc) is 2.41. The van der Waals surface area contributed by atoms with Crippen molar-refractivity contribution < 1.29 is 0 Å². The van der Waals surface area contributed by atoms with Crippen molar-refractivity contribution in [3.63, 3.8) is 0 Å². The fourth-order valence-electron chi connectivity index (χ4n) is 2.19. The number of hydrogen-bond donors (Lipinski definition) is 0. The van der Waals surface area contributed by atoms with Gasteiger partial charge in [-0.1, -0.05) is 18.5 Å². The number of rotatable bonds is 3. The Balaban J connectivity index is 2.03. The monoisotopic (exact) mass is 332 g/mol. The average molecular weight is 334 g/mol. The van der Waals surface area contributed by atoms with E-state index in [0.29, 0.717) is 11.2 Å². The Bertz CT molecular complexity index is 407. The molecule has 6 heteroatoms. The van der Waals surface area contributed by atoms with E-state index >= 15 is 0 Å². The summed E-state index contributed by atoms with van der Waals surface area (Å²) in [6.45, 7) is 8.63. The van der Waals surface area contributed by atoms with Crippen LogP contribution in [0.5, 0.6) is 0 Å². The number of nitrogens with zero attached hydrogens (tertiary/aromatic N) is 4. The van der Waals surface area contributed by atoms with E-state index in [-0.39, 0.29) is 0 Å². The molecule has 0 bridgehead atoms. The van der Waals surface area contributed by atoms with Crippen LogP contribution in [0, 0.1) is 0 Å². The van der Waals surface area contributed by atoms with Crippen LogP contribution in [0.1, 0.15) is 20.3 Å². The summed E-state index contributed by atoms with van der Waals surface area (Å²) in [5.74, 6) is 0.902. The molecular weight excluding hydrogens is 316 g/mol. The van der Waals surface area contributed by atoms with E-state index in [4.69, 9.17) is 11.6 Å². The normalized spacial score (nSPS) is 19.0. The predicted octanol–water partition coefficient (Wildman–Crippen LogP) is 2.81. The Labute approximate surface area is 121 Å². The fourth-order valence-corrected chi connectivity index (χ4v) is 2.78. The Hall–Kier alpha value is -0.390. The molecule has 1 aromatic heterocycles. The highest BCUT2D eigenvalue weighted by molar-refractivity contribution is 9.10. The highest BCUT2D eigenvalue weighted by atomic mass is 79.9. The summed E-state index contributed by atoms with van der Waals surface area (Å²) in [7, 11) is 0. The quantitative estimate of drug-likeness (QED) is 0.796. The lowest BCUT2D eigenvalue weighted by Crippen LogP contribution is -2.49. The molecule has 0 amide bonds. The van der Waals surface area contributed by atoms with Crippen molar-refractivity contribution in [3.05, 3.63) is 16.0 Å². The van der Waals surface area contributed by atoms with Gasteiger partial charge in [0.05, 0.1) is 4.47 Å². The maximum absolute atomic E-state index is 6.00. The number of piperazine rings is 1. The molecule has 1 saturated heterocycles. The number of anilines is 1. The summed E-state index contributed by atoms with van der Waals surface area (Å²) in [5, 5.41) is 0.476. The van der Waals surface area contributed by atoms with Gasteiger partial charge in [0.15, 0.2) is 0 Å². The third kappa shape index (κ3) is 2.95. The van der Waals surface area contributed by atoms with Gasteiger partial charge in [-0.05, 0) is 29.3 Å².